The quantitative estimate of drug-likeness (QED) is 0.355. The Morgan fingerprint density at radius 3 is 2.64 bits per heavy atom. The van der Waals surface area contributed by atoms with Gasteiger partial charge in [0, 0.05) is 31.0 Å². The second-order valence-corrected chi connectivity index (χ2v) is 8.89. The van der Waals surface area contributed by atoms with Gasteiger partial charge in [0.1, 0.15) is 17.1 Å². The molecular formula is C26H24F4N4O2. The van der Waals surface area contributed by atoms with Crippen molar-refractivity contribution in [2.75, 3.05) is 25.1 Å². The highest BCUT2D eigenvalue weighted by molar-refractivity contribution is 5.83. The Kier molecular flexibility index (Phi) is 5.97. The number of aryl methyl sites for hydroxylation is 1. The van der Waals surface area contributed by atoms with Gasteiger partial charge in [-0.1, -0.05) is 18.2 Å². The molecule has 6 nitrogen and oxygen atoms in total. The smallest absolute Gasteiger partial charge is 0.416 e. The van der Waals surface area contributed by atoms with E-state index in [4.69, 9.17) is 4.74 Å². The molecule has 0 saturated carbocycles. The van der Waals surface area contributed by atoms with Crippen LogP contribution in [-0.2, 0) is 12.7 Å². The van der Waals surface area contributed by atoms with Crippen LogP contribution in [-0.4, -0.2) is 34.3 Å². The van der Waals surface area contributed by atoms with Crippen LogP contribution in [0.5, 0.6) is 5.75 Å². The number of ether oxygens (including phenoxy) is 1. The summed E-state index contributed by atoms with van der Waals surface area (Å²) in [7, 11) is 1.45. The average Bonchev–Trinajstić information content (AvgIpc) is 3.41. The number of benzene rings is 2. The van der Waals surface area contributed by atoms with E-state index in [0.717, 1.165) is 24.0 Å². The first kappa shape index (κ1) is 23.9. The van der Waals surface area contributed by atoms with Gasteiger partial charge in [-0.25, -0.2) is 9.18 Å². The van der Waals surface area contributed by atoms with Gasteiger partial charge in [-0.2, -0.15) is 13.2 Å². The molecular weight excluding hydrogens is 476 g/mol. The van der Waals surface area contributed by atoms with Crippen LogP contribution in [0, 0.1) is 12.7 Å². The highest BCUT2D eigenvalue weighted by atomic mass is 19.4. The van der Waals surface area contributed by atoms with E-state index in [9.17, 15) is 22.4 Å². The minimum Gasteiger partial charge on any atom is -0.494 e. The largest absolute Gasteiger partial charge is 0.494 e. The van der Waals surface area contributed by atoms with Gasteiger partial charge in [-0.15, -0.1) is 0 Å². The van der Waals surface area contributed by atoms with E-state index < -0.39 is 17.4 Å². The van der Waals surface area contributed by atoms with Crippen LogP contribution in [0.25, 0.3) is 11.0 Å². The Morgan fingerprint density at radius 1 is 1.14 bits per heavy atom. The normalized spacial score (nSPS) is 16.2. The molecule has 1 atom stereocenters. The van der Waals surface area contributed by atoms with E-state index in [1.807, 2.05) is 17.9 Å². The first-order chi connectivity index (χ1) is 17.2. The van der Waals surface area contributed by atoms with Gasteiger partial charge in [0.05, 0.1) is 36.5 Å². The van der Waals surface area contributed by atoms with Gasteiger partial charge >= 0.3 is 11.9 Å². The van der Waals surface area contributed by atoms with Gasteiger partial charge in [0.25, 0.3) is 0 Å². The molecule has 1 fully saturated rings. The highest BCUT2D eigenvalue weighted by Crippen LogP contribution is 2.35. The number of fused-ring (bicyclic) bond motifs is 1. The lowest BCUT2D eigenvalue weighted by Crippen LogP contribution is -2.30. The molecule has 3 heterocycles. The maximum absolute atomic E-state index is 14.6. The molecule has 188 valence electrons. The van der Waals surface area contributed by atoms with E-state index in [1.54, 1.807) is 28.8 Å². The Labute approximate surface area is 204 Å². The number of hydrogen-bond acceptors (Lipinski definition) is 4. The van der Waals surface area contributed by atoms with Crippen LogP contribution in [0.4, 0.5) is 23.2 Å². The second-order valence-electron chi connectivity index (χ2n) is 8.89. The molecule has 10 heteroatoms. The number of rotatable bonds is 5. The number of imidazole rings is 1. The van der Waals surface area contributed by atoms with Crippen LogP contribution in [0.15, 0.2) is 59.7 Å². The fourth-order valence-electron chi connectivity index (χ4n) is 5.15. The first-order valence-corrected chi connectivity index (χ1v) is 11.5. The molecule has 0 amide bonds. The number of nitrogens with zero attached hydrogens (tertiary/aromatic N) is 4. The predicted octanol–water partition coefficient (Wildman–Crippen LogP) is 5.17. The number of hydrogen-bond donors (Lipinski definition) is 0. The molecule has 1 saturated heterocycles. The SMILES string of the molecule is COc1cccc2c1n(Cc1cnccc1C(F)(F)F)c(=O)n2C1CCN(c2c(C)cccc2F)C1. The van der Waals surface area contributed by atoms with Crippen LogP contribution < -0.4 is 15.3 Å². The second kappa shape index (κ2) is 9.00. The summed E-state index contributed by atoms with van der Waals surface area (Å²) < 4.78 is 63.9. The topological polar surface area (TPSA) is 52.3 Å². The lowest BCUT2D eigenvalue weighted by Gasteiger charge is -2.21. The van der Waals surface area contributed by atoms with Crippen molar-refractivity contribution in [1.82, 2.24) is 14.1 Å². The van der Waals surface area contributed by atoms with Crippen LogP contribution in [0.2, 0.25) is 0 Å². The summed E-state index contributed by atoms with van der Waals surface area (Å²) in [4.78, 5) is 19.5. The number of methoxy groups -OCH3 is 1. The van der Waals surface area contributed by atoms with E-state index in [0.29, 0.717) is 42.0 Å². The predicted molar refractivity (Wildman–Crippen MR) is 128 cm³/mol. The lowest BCUT2D eigenvalue weighted by atomic mass is 10.1. The van der Waals surface area contributed by atoms with E-state index in [-0.39, 0.29) is 24.0 Å². The number of halogens is 4. The van der Waals surface area contributed by atoms with Crippen molar-refractivity contribution < 1.29 is 22.3 Å². The fourth-order valence-corrected chi connectivity index (χ4v) is 5.15. The summed E-state index contributed by atoms with van der Waals surface area (Å²) in [6.45, 7) is 2.43. The maximum atomic E-state index is 14.6. The molecule has 0 spiro atoms. The highest BCUT2D eigenvalue weighted by Gasteiger charge is 2.35. The van der Waals surface area contributed by atoms with Crippen molar-refractivity contribution in [1.29, 1.82) is 0 Å². The van der Waals surface area contributed by atoms with Crippen molar-refractivity contribution in [2.24, 2.45) is 0 Å². The number of aromatic nitrogens is 3. The third-order valence-corrected chi connectivity index (χ3v) is 6.73. The maximum Gasteiger partial charge on any atom is 0.416 e. The molecule has 2 aromatic heterocycles. The summed E-state index contributed by atoms with van der Waals surface area (Å²) in [5.41, 5.74) is 0.831. The molecule has 4 aromatic rings. The van der Waals surface area contributed by atoms with Crippen molar-refractivity contribution in [3.05, 3.63) is 87.9 Å². The zero-order valence-electron chi connectivity index (χ0n) is 19.7. The van der Waals surface area contributed by atoms with Gasteiger partial charge < -0.3 is 9.64 Å². The summed E-state index contributed by atoms with van der Waals surface area (Å²) in [6.07, 6.45) is -1.80. The monoisotopic (exact) mass is 500 g/mol. The standard InChI is InChI=1S/C26H24F4N4O2/c1-16-5-3-6-20(27)23(16)32-12-10-18(15-32)34-21-7-4-8-22(36-2)24(21)33(25(34)35)14-17-13-31-11-9-19(17)26(28,29)30/h3-9,11,13,18H,10,12,14-15H2,1-2H3. The molecule has 2 aromatic carbocycles. The molecule has 1 aliphatic heterocycles. The average molecular weight is 500 g/mol. The Bertz CT molecular complexity index is 1470. The van der Waals surface area contributed by atoms with Gasteiger partial charge in [0.2, 0.25) is 0 Å². The molecule has 1 aliphatic rings. The minimum absolute atomic E-state index is 0.118. The molecule has 36 heavy (non-hydrogen) atoms. The third kappa shape index (κ3) is 4.00. The van der Waals surface area contributed by atoms with Crippen molar-refractivity contribution >= 4 is 16.7 Å². The summed E-state index contributed by atoms with van der Waals surface area (Å²) >= 11 is 0. The van der Waals surface area contributed by atoms with Crippen molar-refractivity contribution in [2.45, 2.75) is 32.1 Å². The Balaban J connectivity index is 1.61. The molecule has 0 bridgehead atoms. The summed E-state index contributed by atoms with van der Waals surface area (Å²) in [6, 6.07) is 10.7. The first-order valence-electron chi connectivity index (χ1n) is 11.5. The zero-order valence-corrected chi connectivity index (χ0v) is 19.7. The van der Waals surface area contributed by atoms with E-state index >= 15 is 0 Å². The zero-order chi connectivity index (χ0) is 25.6. The molecule has 5 rings (SSSR count). The molecule has 0 N–H and O–H groups in total. The summed E-state index contributed by atoms with van der Waals surface area (Å²) in [5, 5.41) is 0. The number of alkyl halides is 3. The van der Waals surface area contributed by atoms with Crippen molar-refractivity contribution in [3.63, 3.8) is 0 Å². The number of anilines is 1. The van der Waals surface area contributed by atoms with Crippen LogP contribution in [0.3, 0.4) is 0 Å². The molecule has 0 aliphatic carbocycles. The van der Waals surface area contributed by atoms with E-state index in [1.165, 1.54) is 17.7 Å². The number of para-hydroxylation sites is 2. The summed E-state index contributed by atoms with van der Waals surface area (Å²) in [5.74, 6) is 0.0453. The third-order valence-electron chi connectivity index (χ3n) is 6.73. The van der Waals surface area contributed by atoms with E-state index in [2.05, 4.69) is 4.98 Å². The van der Waals surface area contributed by atoms with Gasteiger partial charge in [-0.3, -0.25) is 14.1 Å². The Morgan fingerprint density at radius 2 is 1.92 bits per heavy atom. The molecule has 0 radical (unpaired) electrons. The van der Waals surface area contributed by atoms with Crippen LogP contribution >= 0.6 is 0 Å². The van der Waals surface area contributed by atoms with Crippen LogP contribution in [0.1, 0.15) is 29.2 Å². The number of pyridine rings is 1. The Hall–Kier alpha value is -3.82. The van der Waals surface area contributed by atoms with Gasteiger partial charge in [0.15, 0.2) is 0 Å². The lowest BCUT2D eigenvalue weighted by molar-refractivity contribution is -0.138. The fraction of sp³-hybridized carbons (Fsp3) is 0.308. The molecule has 1 unspecified atom stereocenters. The van der Waals surface area contributed by atoms with Crippen molar-refractivity contribution in [3.8, 4) is 5.75 Å². The van der Waals surface area contributed by atoms with Gasteiger partial charge in [-0.05, 0) is 43.2 Å². The minimum atomic E-state index is -4.59.